The van der Waals surface area contributed by atoms with E-state index in [1.807, 2.05) is 19.0 Å². The van der Waals surface area contributed by atoms with Gasteiger partial charge < -0.3 is 9.80 Å². The molecule has 0 unspecified atom stereocenters. The summed E-state index contributed by atoms with van der Waals surface area (Å²) in [5, 5.41) is 1.69. The highest BCUT2D eigenvalue weighted by Crippen LogP contribution is 2.21. The first-order chi connectivity index (χ1) is 14.7. The van der Waals surface area contributed by atoms with E-state index >= 15 is 0 Å². The highest BCUT2D eigenvalue weighted by Gasteiger charge is 2.18. The Morgan fingerprint density at radius 3 is 2.26 bits per heavy atom. The number of nitrogens with one attached hydrogen (secondary N) is 1. The molecular formula is C22H24FN3O3S2. The summed E-state index contributed by atoms with van der Waals surface area (Å²) in [4.78, 5) is 16.8. The van der Waals surface area contributed by atoms with Crippen molar-refractivity contribution in [3.05, 3.63) is 83.0 Å². The quantitative estimate of drug-likeness (QED) is 0.525. The highest BCUT2D eigenvalue weighted by molar-refractivity contribution is 7.94. The molecule has 3 aromatic rings. The predicted molar refractivity (Wildman–Crippen MR) is 121 cm³/mol. The van der Waals surface area contributed by atoms with E-state index in [-0.39, 0.29) is 15.9 Å². The first-order valence-electron chi connectivity index (χ1n) is 9.59. The lowest BCUT2D eigenvalue weighted by Crippen LogP contribution is -2.36. The molecule has 0 spiro atoms. The van der Waals surface area contributed by atoms with Crippen LogP contribution in [0.1, 0.15) is 15.9 Å². The lowest BCUT2D eigenvalue weighted by molar-refractivity contribution is 0.0732. The molecule has 1 heterocycles. The van der Waals surface area contributed by atoms with E-state index in [0.29, 0.717) is 30.9 Å². The van der Waals surface area contributed by atoms with Crippen molar-refractivity contribution in [3.8, 4) is 0 Å². The molecule has 164 valence electrons. The summed E-state index contributed by atoms with van der Waals surface area (Å²) < 4.78 is 40.7. The predicted octanol–water partition coefficient (Wildman–Crippen LogP) is 3.89. The van der Waals surface area contributed by atoms with E-state index in [1.54, 1.807) is 52.7 Å². The zero-order valence-corrected chi connectivity index (χ0v) is 18.9. The van der Waals surface area contributed by atoms with E-state index in [4.69, 9.17) is 0 Å². The lowest BCUT2D eigenvalue weighted by Gasteiger charge is -2.25. The molecule has 0 fully saturated rings. The van der Waals surface area contributed by atoms with Crippen molar-refractivity contribution < 1.29 is 17.6 Å². The molecule has 0 radical (unpaired) electrons. The van der Waals surface area contributed by atoms with Crippen molar-refractivity contribution in [2.45, 2.75) is 10.8 Å². The molecule has 0 aliphatic carbocycles. The van der Waals surface area contributed by atoms with Crippen molar-refractivity contribution in [2.24, 2.45) is 0 Å². The maximum atomic E-state index is 13.2. The zero-order chi connectivity index (χ0) is 22.4. The summed E-state index contributed by atoms with van der Waals surface area (Å²) in [6.07, 6.45) is 0. The van der Waals surface area contributed by atoms with Crippen LogP contribution in [0.15, 0.2) is 70.3 Å². The van der Waals surface area contributed by atoms with Crippen LogP contribution in [0.25, 0.3) is 0 Å². The topological polar surface area (TPSA) is 69.7 Å². The molecule has 9 heteroatoms. The Balaban J connectivity index is 1.74. The molecule has 6 nitrogen and oxygen atoms in total. The minimum Gasteiger partial charge on any atom is -0.333 e. The van der Waals surface area contributed by atoms with E-state index in [2.05, 4.69) is 4.72 Å². The first kappa shape index (κ1) is 22.9. The largest absolute Gasteiger partial charge is 0.333 e. The van der Waals surface area contributed by atoms with Crippen molar-refractivity contribution in [1.29, 1.82) is 0 Å². The highest BCUT2D eigenvalue weighted by atomic mass is 32.2. The van der Waals surface area contributed by atoms with Crippen LogP contribution in [0.5, 0.6) is 0 Å². The van der Waals surface area contributed by atoms with Crippen LogP contribution in [-0.4, -0.2) is 51.3 Å². The van der Waals surface area contributed by atoms with Gasteiger partial charge in [0.2, 0.25) is 0 Å². The molecule has 1 amide bonds. The Hall–Kier alpha value is -2.75. The number of sulfonamides is 1. The molecule has 1 N–H and O–H groups in total. The summed E-state index contributed by atoms with van der Waals surface area (Å²) in [7, 11) is 0.207. The van der Waals surface area contributed by atoms with Crippen LogP contribution in [0.2, 0.25) is 0 Å². The average Bonchev–Trinajstić information content (AvgIpc) is 3.28. The van der Waals surface area contributed by atoms with Gasteiger partial charge in [-0.2, -0.15) is 0 Å². The number of amides is 1. The fourth-order valence-electron chi connectivity index (χ4n) is 2.87. The fraction of sp³-hybridized carbons (Fsp3) is 0.227. The van der Waals surface area contributed by atoms with Gasteiger partial charge in [0, 0.05) is 30.9 Å². The van der Waals surface area contributed by atoms with Crippen LogP contribution < -0.4 is 4.72 Å². The van der Waals surface area contributed by atoms with Gasteiger partial charge in [0.15, 0.2) is 0 Å². The molecule has 0 bridgehead atoms. The third-order valence-corrected chi connectivity index (χ3v) is 7.31. The normalized spacial score (nSPS) is 11.5. The average molecular weight is 462 g/mol. The molecule has 31 heavy (non-hydrogen) atoms. The smallest absolute Gasteiger partial charge is 0.271 e. The summed E-state index contributed by atoms with van der Waals surface area (Å²) >= 11 is 1.13. The van der Waals surface area contributed by atoms with Gasteiger partial charge in [-0.1, -0.05) is 18.2 Å². The first-order valence-corrected chi connectivity index (χ1v) is 12.0. The number of benzene rings is 2. The number of carbonyl (C=O) groups is 1. The van der Waals surface area contributed by atoms with Crippen LogP contribution in [0, 0.1) is 5.82 Å². The van der Waals surface area contributed by atoms with Crippen molar-refractivity contribution in [1.82, 2.24) is 9.80 Å². The van der Waals surface area contributed by atoms with Crippen LogP contribution in [-0.2, 0) is 16.6 Å². The Labute approximate surface area is 186 Å². The summed E-state index contributed by atoms with van der Waals surface area (Å²) in [5.41, 5.74) is 1.65. The van der Waals surface area contributed by atoms with E-state index in [1.165, 1.54) is 18.2 Å². The zero-order valence-electron chi connectivity index (χ0n) is 17.3. The van der Waals surface area contributed by atoms with Gasteiger partial charge in [0.05, 0.1) is 0 Å². The van der Waals surface area contributed by atoms with Crippen molar-refractivity contribution >= 4 is 33.0 Å². The minimum atomic E-state index is -3.64. The van der Waals surface area contributed by atoms with E-state index < -0.39 is 10.0 Å². The van der Waals surface area contributed by atoms with Crippen LogP contribution in [0.4, 0.5) is 10.1 Å². The third kappa shape index (κ3) is 6.36. The van der Waals surface area contributed by atoms with Gasteiger partial charge in [0.25, 0.3) is 15.9 Å². The van der Waals surface area contributed by atoms with Gasteiger partial charge in [0.1, 0.15) is 10.0 Å². The van der Waals surface area contributed by atoms with Gasteiger partial charge in [-0.05, 0) is 67.5 Å². The lowest BCUT2D eigenvalue weighted by atomic mass is 10.1. The third-order valence-electron chi connectivity index (χ3n) is 4.54. The van der Waals surface area contributed by atoms with E-state index in [0.717, 1.165) is 16.9 Å². The summed E-state index contributed by atoms with van der Waals surface area (Å²) in [6, 6.07) is 15.6. The number of hydrogen-bond acceptors (Lipinski definition) is 5. The number of likely N-dealkylation sites (N-methyl/N-ethyl adjacent to an activating group) is 1. The number of nitrogens with zero attached hydrogens (tertiary/aromatic N) is 2. The van der Waals surface area contributed by atoms with Crippen molar-refractivity contribution in [2.75, 3.05) is 31.9 Å². The second-order valence-electron chi connectivity index (χ2n) is 7.27. The Morgan fingerprint density at radius 1 is 1.00 bits per heavy atom. The molecule has 0 saturated heterocycles. The molecule has 0 aliphatic heterocycles. The van der Waals surface area contributed by atoms with Gasteiger partial charge in [-0.3, -0.25) is 9.52 Å². The van der Waals surface area contributed by atoms with Gasteiger partial charge in [-0.25, -0.2) is 12.8 Å². The monoisotopic (exact) mass is 461 g/mol. The maximum absolute atomic E-state index is 13.2. The van der Waals surface area contributed by atoms with Crippen molar-refractivity contribution in [3.63, 3.8) is 0 Å². The molecule has 2 aromatic carbocycles. The summed E-state index contributed by atoms with van der Waals surface area (Å²) in [5.74, 6) is -0.505. The summed E-state index contributed by atoms with van der Waals surface area (Å²) in [6.45, 7) is 1.52. The number of carbonyl (C=O) groups excluding carboxylic acids is 1. The Morgan fingerprint density at radius 2 is 1.68 bits per heavy atom. The van der Waals surface area contributed by atoms with Crippen LogP contribution >= 0.6 is 11.3 Å². The minimum absolute atomic E-state index is 0.182. The van der Waals surface area contributed by atoms with Crippen LogP contribution in [0.3, 0.4) is 0 Å². The Kier molecular flexibility index (Phi) is 7.42. The number of halogens is 1. The Bertz CT molecular complexity index is 1100. The fourth-order valence-corrected chi connectivity index (χ4v) is 4.92. The second-order valence-corrected chi connectivity index (χ2v) is 10.1. The number of anilines is 1. The number of hydrogen-bond donors (Lipinski definition) is 1. The molecule has 0 atom stereocenters. The van der Waals surface area contributed by atoms with Gasteiger partial charge >= 0.3 is 0 Å². The number of thiophene rings is 1. The SMILES string of the molecule is CN(C)CCN(Cc1ccc(F)cc1)C(=O)c1ccc(NS(=O)(=O)c2cccs2)cc1. The standard InChI is InChI=1S/C22H24FN3O3S2/c1-25(2)13-14-26(16-17-5-9-19(23)10-6-17)22(27)18-7-11-20(12-8-18)24-31(28,29)21-4-3-15-30-21/h3-12,15,24H,13-14,16H2,1-2H3. The molecule has 0 saturated carbocycles. The molecule has 0 aliphatic rings. The second kappa shape index (κ2) is 10.0. The maximum Gasteiger partial charge on any atom is 0.271 e. The number of rotatable bonds is 9. The van der Waals surface area contributed by atoms with E-state index in [9.17, 15) is 17.6 Å². The molecular weight excluding hydrogens is 437 g/mol. The molecule has 1 aromatic heterocycles. The molecule has 3 rings (SSSR count). The van der Waals surface area contributed by atoms with Gasteiger partial charge in [-0.15, -0.1) is 11.3 Å².